The van der Waals surface area contributed by atoms with Gasteiger partial charge >= 0.3 is 0 Å². The fourth-order valence-corrected chi connectivity index (χ4v) is 1.97. The van der Waals surface area contributed by atoms with E-state index in [0.29, 0.717) is 13.1 Å². The van der Waals surface area contributed by atoms with E-state index in [1.54, 1.807) is 6.07 Å². The maximum Gasteiger partial charge on any atom is 0.288 e. The van der Waals surface area contributed by atoms with Crippen LogP contribution in [0.1, 0.15) is 19.4 Å². The summed E-state index contributed by atoms with van der Waals surface area (Å²) >= 11 is 5.77. The van der Waals surface area contributed by atoms with Gasteiger partial charge in [0.15, 0.2) is 0 Å². The maximum absolute atomic E-state index is 10.8. The number of nitro groups is 1. The molecule has 102 valence electrons. The molecule has 0 spiro atoms. The molecule has 0 aliphatic rings. The molecule has 0 amide bonds. The average Bonchev–Trinajstić information content (AvgIpc) is 2.39. The minimum atomic E-state index is -0.486. The Labute approximate surface area is 117 Å². The van der Waals surface area contributed by atoms with E-state index in [2.05, 4.69) is 11.0 Å². The van der Waals surface area contributed by atoms with E-state index in [-0.39, 0.29) is 16.6 Å². The largest absolute Gasteiger partial charge is 0.298 e. The van der Waals surface area contributed by atoms with Gasteiger partial charge in [0.05, 0.1) is 16.9 Å². The van der Waals surface area contributed by atoms with E-state index in [1.165, 1.54) is 12.1 Å². The van der Waals surface area contributed by atoms with Crippen LogP contribution in [0.5, 0.6) is 0 Å². The van der Waals surface area contributed by atoms with Crippen LogP contribution in [0.4, 0.5) is 5.69 Å². The topological polar surface area (TPSA) is 70.2 Å². The lowest BCUT2D eigenvalue weighted by Crippen LogP contribution is -2.27. The number of hydrogen-bond donors (Lipinski definition) is 0. The summed E-state index contributed by atoms with van der Waals surface area (Å²) in [4.78, 5) is 12.4. The fourth-order valence-electron chi connectivity index (χ4n) is 1.79. The molecule has 5 nitrogen and oxygen atoms in total. The smallest absolute Gasteiger partial charge is 0.288 e. The predicted molar refractivity (Wildman–Crippen MR) is 73.8 cm³/mol. The summed E-state index contributed by atoms with van der Waals surface area (Å²) in [6.07, 6.45) is 0. The molecule has 0 saturated heterocycles. The first kappa shape index (κ1) is 15.4. The molecule has 0 saturated carbocycles. The van der Waals surface area contributed by atoms with Crippen LogP contribution in [0, 0.1) is 27.4 Å². The van der Waals surface area contributed by atoms with Crippen molar-refractivity contribution in [3.05, 3.63) is 38.9 Å². The second kappa shape index (κ2) is 7.07. The van der Waals surface area contributed by atoms with Crippen LogP contribution in [-0.4, -0.2) is 22.9 Å². The molecular formula is C13H16ClN3O2. The summed E-state index contributed by atoms with van der Waals surface area (Å²) < 4.78 is 0. The van der Waals surface area contributed by atoms with Gasteiger partial charge in [0.25, 0.3) is 5.69 Å². The van der Waals surface area contributed by atoms with Crippen LogP contribution >= 0.6 is 11.6 Å². The van der Waals surface area contributed by atoms with Gasteiger partial charge in [-0.15, -0.1) is 0 Å². The van der Waals surface area contributed by atoms with Crippen LogP contribution in [0.3, 0.4) is 0 Å². The highest BCUT2D eigenvalue weighted by Crippen LogP contribution is 2.25. The molecule has 0 aromatic heterocycles. The molecule has 0 radical (unpaired) electrons. The zero-order valence-corrected chi connectivity index (χ0v) is 11.7. The summed E-state index contributed by atoms with van der Waals surface area (Å²) in [5, 5.41) is 19.8. The second-order valence-electron chi connectivity index (χ2n) is 4.40. The van der Waals surface area contributed by atoms with E-state index in [1.807, 2.05) is 13.8 Å². The number of rotatable bonds is 6. The van der Waals surface area contributed by atoms with Gasteiger partial charge in [-0.25, -0.2) is 0 Å². The van der Waals surface area contributed by atoms with Gasteiger partial charge in [0, 0.05) is 19.2 Å². The average molecular weight is 282 g/mol. The monoisotopic (exact) mass is 281 g/mol. The van der Waals surface area contributed by atoms with Crippen molar-refractivity contribution in [3.8, 4) is 6.07 Å². The van der Waals surface area contributed by atoms with Gasteiger partial charge in [-0.05, 0) is 25.1 Å². The summed E-state index contributed by atoms with van der Waals surface area (Å²) in [5.41, 5.74) is 0.742. The van der Waals surface area contributed by atoms with Gasteiger partial charge < -0.3 is 0 Å². The summed E-state index contributed by atoms with van der Waals surface area (Å²) in [6, 6.07) is 6.98. The fraction of sp³-hybridized carbons (Fsp3) is 0.462. The zero-order chi connectivity index (χ0) is 14.4. The van der Waals surface area contributed by atoms with Crippen LogP contribution in [0.2, 0.25) is 5.02 Å². The lowest BCUT2D eigenvalue weighted by atomic mass is 10.1. The Bertz CT molecular complexity index is 499. The molecular weight excluding hydrogens is 266 g/mol. The van der Waals surface area contributed by atoms with Gasteiger partial charge in [0.1, 0.15) is 5.02 Å². The standard InChI is InChI=1S/C13H16ClN3O2/c1-3-16(8-10(2)7-15)9-11-4-5-12(14)13(6-11)17(18)19/h4-6,10H,3,8-9H2,1-2H3. The first-order valence-electron chi connectivity index (χ1n) is 6.02. The van der Waals surface area contributed by atoms with E-state index < -0.39 is 4.92 Å². The molecule has 1 atom stereocenters. The van der Waals surface area contributed by atoms with Crippen molar-refractivity contribution in [2.75, 3.05) is 13.1 Å². The van der Waals surface area contributed by atoms with Crippen LogP contribution < -0.4 is 0 Å². The van der Waals surface area contributed by atoms with E-state index in [0.717, 1.165) is 12.1 Å². The van der Waals surface area contributed by atoms with Crippen molar-refractivity contribution in [3.63, 3.8) is 0 Å². The number of benzene rings is 1. The van der Waals surface area contributed by atoms with Crippen molar-refractivity contribution in [1.29, 1.82) is 5.26 Å². The molecule has 19 heavy (non-hydrogen) atoms. The highest BCUT2D eigenvalue weighted by atomic mass is 35.5. The first-order valence-corrected chi connectivity index (χ1v) is 6.40. The van der Waals surface area contributed by atoms with Crippen LogP contribution in [0.15, 0.2) is 18.2 Å². The lowest BCUT2D eigenvalue weighted by molar-refractivity contribution is -0.384. The second-order valence-corrected chi connectivity index (χ2v) is 4.81. The molecule has 0 aliphatic carbocycles. The Morgan fingerprint density at radius 2 is 2.26 bits per heavy atom. The molecule has 0 fully saturated rings. The zero-order valence-electron chi connectivity index (χ0n) is 11.0. The quantitative estimate of drug-likeness (QED) is 0.593. The van der Waals surface area contributed by atoms with E-state index in [4.69, 9.17) is 16.9 Å². The van der Waals surface area contributed by atoms with Gasteiger partial charge in [0.2, 0.25) is 0 Å². The molecule has 0 bridgehead atoms. The van der Waals surface area contributed by atoms with Crippen molar-refractivity contribution >= 4 is 17.3 Å². The molecule has 1 aromatic carbocycles. The molecule has 1 rings (SSSR count). The molecule has 0 N–H and O–H groups in total. The predicted octanol–water partition coefficient (Wildman–Crippen LogP) is 3.23. The Hall–Kier alpha value is -1.64. The highest BCUT2D eigenvalue weighted by molar-refractivity contribution is 6.32. The van der Waals surface area contributed by atoms with Gasteiger partial charge in [-0.1, -0.05) is 24.6 Å². The van der Waals surface area contributed by atoms with Crippen LogP contribution in [-0.2, 0) is 6.54 Å². The third kappa shape index (κ3) is 4.51. The number of halogens is 1. The Balaban J connectivity index is 2.83. The first-order chi connectivity index (χ1) is 8.97. The molecule has 0 aliphatic heterocycles. The van der Waals surface area contributed by atoms with E-state index in [9.17, 15) is 10.1 Å². The Morgan fingerprint density at radius 1 is 1.58 bits per heavy atom. The number of nitriles is 1. The van der Waals surface area contributed by atoms with Crippen molar-refractivity contribution in [2.45, 2.75) is 20.4 Å². The minimum Gasteiger partial charge on any atom is -0.298 e. The molecule has 1 aromatic rings. The Kier molecular flexibility index (Phi) is 5.74. The highest BCUT2D eigenvalue weighted by Gasteiger charge is 2.15. The van der Waals surface area contributed by atoms with Crippen molar-refractivity contribution < 1.29 is 4.92 Å². The third-order valence-corrected chi connectivity index (χ3v) is 3.13. The van der Waals surface area contributed by atoms with Crippen molar-refractivity contribution in [2.24, 2.45) is 5.92 Å². The maximum atomic E-state index is 10.8. The summed E-state index contributed by atoms with van der Waals surface area (Å²) in [6.45, 7) is 5.84. The number of nitro benzene ring substituents is 1. The normalized spacial score (nSPS) is 12.2. The molecule has 6 heteroatoms. The van der Waals surface area contributed by atoms with E-state index >= 15 is 0 Å². The molecule has 0 heterocycles. The number of nitrogens with zero attached hydrogens (tertiary/aromatic N) is 3. The number of hydrogen-bond acceptors (Lipinski definition) is 4. The summed E-state index contributed by atoms with van der Waals surface area (Å²) in [5.74, 6) is -0.0674. The van der Waals surface area contributed by atoms with Gasteiger partial charge in [-0.2, -0.15) is 5.26 Å². The third-order valence-electron chi connectivity index (χ3n) is 2.81. The molecule has 1 unspecified atom stereocenters. The SMILES string of the molecule is CCN(Cc1ccc(Cl)c([N+](=O)[O-])c1)CC(C)C#N. The lowest BCUT2D eigenvalue weighted by Gasteiger charge is -2.21. The van der Waals surface area contributed by atoms with Crippen molar-refractivity contribution in [1.82, 2.24) is 4.90 Å². The summed E-state index contributed by atoms with van der Waals surface area (Å²) in [7, 11) is 0. The Morgan fingerprint density at radius 3 is 2.79 bits per heavy atom. The van der Waals surface area contributed by atoms with Crippen LogP contribution in [0.25, 0.3) is 0 Å². The minimum absolute atomic E-state index is 0.0674. The van der Waals surface area contributed by atoms with Gasteiger partial charge in [-0.3, -0.25) is 15.0 Å².